The highest BCUT2D eigenvalue weighted by Gasteiger charge is 2.22. The Kier molecular flexibility index (Phi) is 7.20. The lowest BCUT2D eigenvalue weighted by atomic mass is 10.0. The summed E-state index contributed by atoms with van der Waals surface area (Å²) in [4.78, 5) is 19.0. The SMILES string of the molecule is COCOc1cc(N(C)C)c(Cl)cc1C(=O)c1ncccc1OCOC. The molecule has 140 valence electrons. The summed E-state index contributed by atoms with van der Waals surface area (Å²) >= 11 is 6.33. The number of aromatic nitrogens is 1. The zero-order valence-electron chi connectivity index (χ0n) is 15.1. The average Bonchev–Trinajstić information content (AvgIpc) is 2.64. The van der Waals surface area contributed by atoms with Gasteiger partial charge in [0.25, 0.3) is 0 Å². The second-order valence-corrected chi connectivity index (χ2v) is 5.88. The standard InChI is InChI=1S/C18H21ClN2O5/c1-21(2)14-9-16(26-11-24-4)12(8-13(14)19)18(22)17-15(25-10-23-3)6-5-7-20-17/h5-9H,10-11H2,1-4H3. The number of pyridine rings is 1. The van der Waals surface area contributed by atoms with E-state index in [1.54, 1.807) is 24.3 Å². The van der Waals surface area contributed by atoms with E-state index in [1.807, 2.05) is 19.0 Å². The maximum Gasteiger partial charge on any atom is 0.218 e. The lowest BCUT2D eigenvalue weighted by Gasteiger charge is -2.18. The number of ether oxygens (including phenoxy) is 4. The molecule has 7 nitrogen and oxygen atoms in total. The molecule has 26 heavy (non-hydrogen) atoms. The van der Waals surface area contributed by atoms with Crippen LogP contribution in [0.3, 0.4) is 0 Å². The third-order valence-electron chi connectivity index (χ3n) is 3.43. The van der Waals surface area contributed by atoms with Crippen LogP contribution in [0.25, 0.3) is 0 Å². The number of hydrogen-bond donors (Lipinski definition) is 0. The zero-order chi connectivity index (χ0) is 19.1. The topological polar surface area (TPSA) is 70.1 Å². The van der Waals surface area contributed by atoms with Gasteiger partial charge in [0.1, 0.15) is 5.75 Å². The first kappa shape index (κ1) is 20.0. The van der Waals surface area contributed by atoms with Gasteiger partial charge in [-0.3, -0.25) is 4.79 Å². The summed E-state index contributed by atoms with van der Waals surface area (Å²) in [6.07, 6.45) is 1.51. The van der Waals surface area contributed by atoms with Crippen molar-refractivity contribution in [2.24, 2.45) is 0 Å². The van der Waals surface area contributed by atoms with Crippen LogP contribution in [-0.2, 0) is 9.47 Å². The van der Waals surface area contributed by atoms with Crippen molar-refractivity contribution in [1.82, 2.24) is 4.98 Å². The minimum absolute atomic E-state index is 0.000666. The van der Waals surface area contributed by atoms with Crippen molar-refractivity contribution in [3.8, 4) is 11.5 Å². The molecule has 0 atom stereocenters. The first-order valence-corrected chi connectivity index (χ1v) is 8.11. The van der Waals surface area contributed by atoms with E-state index >= 15 is 0 Å². The van der Waals surface area contributed by atoms with Crippen molar-refractivity contribution in [2.45, 2.75) is 0 Å². The zero-order valence-corrected chi connectivity index (χ0v) is 15.9. The average molecular weight is 381 g/mol. The molecule has 1 heterocycles. The predicted octanol–water partition coefficient (Wildman–Crippen LogP) is 3.00. The Morgan fingerprint density at radius 1 is 1.12 bits per heavy atom. The number of methoxy groups -OCH3 is 2. The highest BCUT2D eigenvalue weighted by atomic mass is 35.5. The Labute approximate surface area is 157 Å². The number of rotatable bonds is 9. The maximum absolute atomic E-state index is 13.1. The smallest absolute Gasteiger partial charge is 0.218 e. The number of benzene rings is 1. The Morgan fingerprint density at radius 3 is 2.38 bits per heavy atom. The van der Waals surface area contributed by atoms with E-state index in [4.69, 9.17) is 30.5 Å². The van der Waals surface area contributed by atoms with Gasteiger partial charge in [-0.25, -0.2) is 4.98 Å². The first-order valence-electron chi connectivity index (χ1n) is 7.73. The highest BCUT2D eigenvalue weighted by molar-refractivity contribution is 6.34. The van der Waals surface area contributed by atoms with E-state index < -0.39 is 0 Å². The van der Waals surface area contributed by atoms with E-state index in [0.717, 1.165) is 0 Å². The monoisotopic (exact) mass is 380 g/mol. The number of carbonyl (C=O) groups is 1. The van der Waals surface area contributed by atoms with Crippen LogP contribution < -0.4 is 14.4 Å². The molecule has 0 fully saturated rings. The van der Waals surface area contributed by atoms with Crippen LogP contribution in [0.2, 0.25) is 5.02 Å². The molecule has 0 aliphatic carbocycles. The molecule has 1 aromatic heterocycles. The van der Waals surface area contributed by atoms with Crippen LogP contribution in [0.15, 0.2) is 30.5 Å². The number of anilines is 1. The Morgan fingerprint density at radius 2 is 1.77 bits per heavy atom. The molecule has 8 heteroatoms. The molecule has 0 spiro atoms. The molecule has 0 N–H and O–H groups in total. The summed E-state index contributed by atoms with van der Waals surface area (Å²) in [5.41, 5.74) is 1.12. The number of hydrogen-bond acceptors (Lipinski definition) is 7. The van der Waals surface area contributed by atoms with Crippen molar-refractivity contribution >= 4 is 23.1 Å². The number of halogens is 1. The van der Waals surface area contributed by atoms with Crippen molar-refractivity contribution in [2.75, 3.05) is 46.8 Å². The van der Waals surface area contributed by atoms with E-state index in [9.17, 15) is 4.79 Å². The van der Waals surface area contributed by atoms with Crippen LogP contribution in [0.1, 0.15) is 16.1 Å². The number of ketones is 1. The fourth-order valence-corrected chi connectivity index (χ4v) is 2.56. The molecule has 0 saturated carbocycles. The van der Waals surface area contributed by atoms with Crippen molar-refractivity contribution in [1.29, 1.82) is 0 Å². The minimum atomic E-state index is -0.380. The largest absolute Gasteiger partial charge is 0.467 e. The second-order valence-electron chi connectivity index (χ2n) is 5.48. The van der Waals surface area contributed by atoms with Gasteiger partial charge in [0, 0.05) is 40.6 Å². The molecule has 0 saturated heterocycles. The van der Waals surface area contributed by atoms with Gasteiger partial charge in [0.05, 0.1) is 16.3 Å². The van der Waals surface area contributed by atoms with Gasteiger partial charge in [-0.2, -0.15) is 0 Å². The van der Waals surface area contributed by atoms with Crippen LogP contribution in [0.4, 0.5) is 5.69 Å². The molecular weight excluding hydrogens is 360 g/mol. The van der Waals surface area contributed by atoms with Crippen LogP contribution >= 0.6 is 11.6 Å². The molecule has 0 unspecified atom stereocenters. The molecule has 0 radical (unpaired) electrons. The Bertz CT molecular complexity index is 767. The molecule has 1 aromatic carbocycles. The summed E-state index contributed by atoms with van der Waals surface area (Å²) in [6.45, 7) is -0.0106. The molecule has 0 aliphatic heterocycles. The normalized spacial score (nSPS) is 10.5. The van der Waals surface area contributed by atoms with Gasteiger partial charge >= 0.3 is 0 Å². The third kappa shape index (κ3) is 4.63. The predicted molar refractivity (Wildman–Crippen MR) is 98.5 cm³/mol. The fourth-order valence-electron chi connectivity index (χ4n) is 2.23. The van der Waals surface area contributed by atoms with E-state index in [0.29, 0.717) is 22.2 Å². The van der Waals surface area contributed by atoms with Crippen LogP contribution in [-0.4, -0.2) is 52.7 Å². The number of nitrogens with zero attached hydrogens (tertiary/aromatic N) is 2. The summed E-state index contributed by atoms with van der Waals surface area (Å²) in [7, 11) is 6.69. The Balaban J connectivity index is 2.49. The lowest BCUT2D eigenvalue weighted by Crippen LogP contribution is -2.14. The molecule has 2 rings (SSSR count). The highest BCUT2D eigenvalue weighted by Crippen LogP contribution is 2.34. The van der Waals surface area contributed by atoms with Crippen LogP contribution in [0, 0.1) is 0 Å². The summed E-state index contributed by atoms with van der Waals surface area (Å²) in [5, 5.41) is 0.415. The molecule has 0 aliphatic rings. The third-order valence-corrected chi connectivity index (χ3v) is 3.73. The number of carbonyl (C=O) groups excluding carboxylic acids is 1. The van der Waals surface area contributed by atoms with Gasteiger partial charge < -0.3 is 23.8 Å². The quantitative estimate of drug-likeness (QED) is 0.489. The maximum atomic E-state index is 13.1. The fraction of sp³-hybridized carbons (Fsp3) is 0.333. The molecule has 0 amide bonds. The van der Waals surface area contributed by atoms with E-state index in [1.165, 1.54) is 20.4 Å². The summed E-state index contributed by atoms with van der Waals surface area (Å²) < 4.78 is 20.9. The summed E-state index contributed by atoms with van der Waals surface area (Å²) in [6, 6.07) is 6.56. The van der Waals surface area contributed by atoms with Crippen molar-refractivity contribution in [3.05, 3.63) is 46.7 Å². The van der Waals surface area contributed by atoms with E-state index in [2.05, 4.69) is 4.98 Å². The van der Waals surface area contributed by atoms with Gasteiger partial charge in [0.15, 0.2) is 25.0 Å². The van der Waals surface area contributed by atoms with Gasteiger partial charge in [0.2, 0.25) is 5.78 Å². The lowest BCUT2D eigenvalue weighted by molar-refractivity contribution is 0.0492. The molecule has 2 aromatic rings. The van der Waals surface area contributed by atoms with Gasteiger partial charge in [-0.1, -0.05) is 11.6 Å². The van der Waals surface area contributed by atoms with E-state index in [-0.39, 0.29) is 30.6 Å². The van der Waals surface area contributed by atoms with Crippen molar-refractivity contribution in [3.63, 3.8) is 0 Å². The molecular formula is C18H21ClN2O5. The van der Waals surface area contributed by atoms with Crippen LogP contribution in [0.5, 0.6) is 11.5 Å². The minimum Gasteiger partial charge on any atom is -0.467 e. The van der Waals surface area contributed by atoms with Gasteiger partial charge in [-0.05, 0) is 18.2 Å². The van der Waals surface area contributed by atoms with Crippen molar-refractivity contribution < 1.29 is 23.7 Å². The second kappa shape index (κ2) is 9.38. The molecule has 0 bridgehead atoms. The summed E-state index contributed by atoms with van der Waals surface area (Å²) in [5.74, 6) is 0.271. The first-order chi connectivity index (χ1) is 12.5. The van der Waals surface area contributed by atoms with Gasteiger partial charge in [-0.15, -0.1) is 0 Å². The Hall–Kier alpha value is -2.35.